The van der Waals surface area contributed by atoms with Crippen molar-refractivity contribution in [3.8, 4) is 11.5 Å². The van der Waals surface area contributed by atoms with E-state index in [0.717, 1.165) is 39.6 Å². The van der Waals surface area contributed by atoms with Gasteiger partial charge in [0.05, 0.1) is 0 Å². The number of hydrogen-bond acceptors (Lipinski definition) is 6. The van der Waals surface area contributed by atoms with Crippen molar-refractivity contribution in [2.75, 3.05) is 13.2 Å². The first-order valence-electron chi connectivity index (χ1n) is 12.5. The summed E-state index contributed by atoms with van der Waals surface area (Å²) in [4.78, 5) is 23.8. The van der Waals surface area contributed by atoms with Gasteiger partial charge in [0.15, 0.2) is 12.2 Å². The van der Waals surface area contributed by atoms with Gasteiger partial charge in [-0.25, -0.2) is 9.59 Å². The van der Waals surface area contributed by atoms with Crippen LogP contribution < -0.4 is 9.47 Å². The Hall–Kier alpha value is -4.84. The normalized spacial score (nSPS) is 12.1. The van der Waals surface area contributed by atoms with Crippen LogP contribution in [0.5, 0.6) is 11.5 Å². The van der Waals surface area contributed by atoms with E-state index < -0.39 is 24.1 Å². The van der Waals surface area contributed by atoms with E-state index in [9.17, 15) is 9.59 Å². The van der Waals surface area contributed by atoms with Gasteiger partial charge in [-0.1, -0.05) is 86.0 Å². The number of hydrogen-bond donors (Lipinski definition) is 0. The van der Waals surface area contributed by atoms with E-state index in [0.29, 0.717) is 11.5 Å². The van der Waals surface area contributed by atoms with Gasteiger partial charge in [-0.3, -0.25) is 0 Å². The third-order valence-corrected chi connectivity index (χ3v) is 6.20. The van der Waals surface area contributed by atoms with E-state index in [1.54, 1.807) is 0 Å². The fourth-order valence-electron chi connectivity index (χ4n) is 4.12. The number of rotatable bonds is 12. The Morgan fingerprint density at radius 1 is 0.718 bits per heavy atom. The van der Waals surface area contributed by atoms with Crippen LogP contribution in [0.2, 0.25) is 0 Å². The first-order valence-corrected chi connectivity index (χ1v) is 12.5. The third-order valence-electron chi connectivity index (χ3n) is 6.20. The second-order valence-electron chi connectivity index (χ2n) is 8.77. The van der Waals surface area contributed by atoms with Gasteiger partial charge in [0.1, 0.15) is 24.7 Å². The first kappa shape index (κ1) is 27.2. The number of ether oxygens (including phenoxy) is 4. The lowest BCUT2D eigenvalue weighted by Crippen LogP contribution is -2.17. The molecule has 0 heterocycles. The Balaban J connectivity index is 1.52. The molecule has 6 nitrogen and oxygen atoms in total. The molecule has 0 saturated heterocycles. The Bertz CT molecular complexity index is 1440. The maximum absolute atomic E-state index is 11.9. The van der Waals surface area contributed by atoms with Crippen molar-refractivity contribution in [2.24, 2.45) is 0 Å². The summed E-state index contributed by atoms with van der Waals surface area (Å²) in [6.07, 6.45) is 1.10. The molecule has 0 amide bonds. The topological polar surface area (TPSA) is 71.1 Å². The predicted octanol–water partition coefficient (Wildman–Crippen LogP) is 6.85. The summed E-state index contributed by atoms with van der Waals surface area (Å²) in [5, 5.41) is 1.96. The Morgan fingerprint density at radius 3 is 1.77 bits per heavy atom. The molecule has 0 N–H and O–H groups in total. The number of aryl methyl sites for hydroxylation is 1. The summed E-state index contributed by atoms with van der Waals surface area (Å²) in [5.41, 5.74) is 2.56. The van der Waals surface area contributed by atoms with Crippen LogP contribution in [-0.2, 0) is 19.1 Å². The summed E-state index contributed by atoms with van der Waals surface area (Å²) in [6, 6.07) is 28.5. The quantitative estimate of drug-likeness (QED) is 0.150. The van der Waals surface area contributed by atoms with E-state index in [1.807, 2.05) is 97.9 Å². The minimum Gasteiger partial charge on any atom is -0.489 e. The fourth-order valence-corrected chi connectivity index (χ4v) is 4.12. The van der Waals surface area contributed by atoms with E-state index >= 15 is 0 Å². The van der Waals surface area contributed by atoms with Gasteiger partial charge in [0.25, 0.3) is 0 Å². The maximum Gasteiger partial charge on any atom is 0.330 e. The Morgan fingerprint density at radius 2 is 1.23 bits per heavy atom. The van der Waals surface area contributed by atoms with Gasteiger partial charge in [-0.15, -0.1) is 0 Å². The summed E-state index contributed by atoms with van der Waals surface area (Å²) in [7, 11) is 0. The van der Waals surface area contributed by atoms with Gasteiger partial charge < -0.3 is 18.9 Å². The van der Waals surface area contributed by atoms with Crippen LogP contribution in [0.4, 0.5) is 0 Å². The van der Waals surface area contributed by atoms with E-state index in [1.165, 1.54) is 0 Å². The lowest BCUT2D eigenvalue weighted by Gasteiger charge is -2.20. The van der Waals surface area contributed by atoms with Crippen LogP contribution in [-0.4, -0.2) is 25.2 Å². The number of fused-ring (bicyclic) bond motifs is 1. The van der Waals surface area contributed by atoms with Crippen molar-refractivity contribution in [3.63, 3.8) is 0 Å². The maximum atomic E-state index is 11.9. The molecule has 0 spiro atoms. The van der Waals surface area contributed by atoms with Crippen LogP contribution in [0.15, 0.2) is 116 Å². The van der Waals surface area contributed by atoms with E-state index in [4.69, 9.17) is 18.9 Å². The van der Waals surface area contributed by atoms with Gasteiger partial charge in [-0.2, -0.15) is 0 Å². The number of esters is 2. The van der Waals surface area contributed by atoms with Crippen molar-refractivity contribution in [3.05, 3.63) is 133 Å². The fraction of sp³-hybridized carbons (Fsp3) is 0.152. The van der Waals surface area contributed by atoms with Crippen LogP contribution in [0.3, 0.4) is 0 Å². The second kappa shape index (κ2) is 13.1. The molecule has 0 bridgehead atoms. The molecule has 39 heavy (non-hydrogen) atoms. The minimum atomic E-state index is -0.588. The lowest BCUT2D eigenvalue weighted by molar-refractivity contribution is -0.145. The highest BCUT2D eigenvalue weighted by Gasteiger charge is 2.19. The second-order valence-corrected chi connectivity index (χ2v) is 8.77. The molecule has 6 heteroatoms. The number of carbonyl (C=O) groups is 2. The highest BCUT2D eigenvalue weighted by Crippen LogP contribution is 2.32. The van der Waals surface area contributed by atoms with Crippen molar-refractivity contribution in [2.45, 2.75) is 19.1 Å². The molecular formula is C33H30O6. The molecule has 0 aromatic heterocycles. The monoisotopic (exact) mass is 522 g/mol. The Labute approximate surface area is 228 Å². The average molecular weight is 523 g/mol. The standard InChI is InChI=1S/C33H30O6/c1-4-32(34)38-30(25-12-8-6-9-13-25)21-36-27-18-16-24-17-19-29(23(3)28(24)20-27)37-22-31(39-33(35)5-2)26-14-10-7-11-15-26/h4-20,30-31H,1-2,21-22H2,3H3. The van der Waals surface area contributed by atoms with E-state index in [2.05, 4.69) is 13.2 Å². The minimum absolute atomic E-state index is 0.137. The van der Waals surface area contributed by atoms with Crippen molar-refractivity contribution in [1.82, 2.24) is 0 Å². The van der Waals surface area contributed by atoms with Crippen molar-refractivity contribution < 1.29 is 28.5 Å². The third kappa shape index (κ3) is 7.14. The first-order chi connectivity index (χ1) is 19.0. The summed E-state index contributed by atoms with van der Waals surface area (Å²) in [6.45, 7) is 9.21. The molecule has 0 fully saturated rings. The highest BCUT2D eigenvalue weighted by atomic mass is 16.6. The summed E-state index contributed by atoms with van der Waals surface area (Å²) < 4.78 is 23.3. The molecule has 4 aromatic rings. The smallest absolute Gasteiger partial charge is 0.330 e. The number of benzene rings is 4. The zero-order valence-corrected chi connectivity index (χ0v) is 21.7. The van der Waals surface area contributed by atoms with Crippen LogP contribution in [0.25, 0.3) is 10.8 Å². The Kier molecular flexibility index (Phi) is 9.14. The molecule has 2 atom stereocenters. The molecule has 4 aromatic carbocycles. The molecule has 4 rings (SSSR count). The number of carbonyl (C=O) groups excluding carboxylic acids is 2. The SMILES string of the molecule is C=CC(=O)OC(COc1ccc2ccc(OCC(OC(=O)C=C)c3ccccc3)c(C)c2c1)c1ccccc1. The van der Waals surface area contributed by atoms with Crippen LogP contribution in [0, 0.1) is 6.92 Å². The molecular weight excluding hydrogens is 492 g/mol. The van der Waals surface area contributed by atoms with Gasteiger partial charge in [0, 0.05) is 12.2 Å². The highest BCUT2D eigenvalue weighted by molar-refractivity contribution is 5.88. The van der Waals surface area contributed by atoms with Crippen molar-refractivity contribution >= 4 is 22.7 Å². The summed E-state index contributed by atoms with van der Waals surface area (Å²) >= 11 is 0. The molecule has 2 unspecified atom stereocenters. The predicted molar refractivity (Wildman–Crippen MR) is 151 cm³/mol. The molecule has 0 aliphatic carbocycles. The molecule has 198 valence electrons. The molecule has 0 radical (unpaired) electrons. The van der Waals surface area contributed by atoms with E-state index in [-0.39, 0.29) is 13.2 Å². The lowest BCUT2D eigenvalue weighted by atomic mass is 10.0. The van der Waals surface area contributed by atoms with Crippen LogP contribution in [0.1, 0.15) is 28.9 Å². The zero-order chi connectivity index (χ0) is 27.6. The summed E-state index contributed by atoms with van der Waals surface area (Å²) in [5.74, 6) is 0.256. The van der Waals surface area contributed by atoms with Crippen molar-refractivity contribution in [1.29, 1.82) is 0 Å². The largest absolute Gasteiger partial charge is 0.489 e. The van der Waals surface area contributed by atoms with Gasteiger partial charge >= 0.3 is 11.9 Å². The van der Waals surface area contributed by atoms with Gasteiger partial charge in [-0.05, 0) is 52.6 Å². The van der Waals surface area contributed by atoms with Gasteiger partial charge in [0.2, 0.25) is 0 Å². The average Bonchev–Trinajstić information content (AvgIpc) is 2.98. The molecule has 0 aliphatic rings. The van der Waals surface area contributed by atoms with Crippen LogP contribution >= 0.6 is 0 Å². The zero-order valence-electron chi connectivity index (χ0n) is 21.7. The molecule has 0 saturated carbocycles. The molecule has 0 aliphatic heterocycles.